The number of rotatable bonds is 7. The minimum absolute atomic E-state index is 0.126. The summed E-state index contributed by atoms with van der Waals surface area (Å²) < 4.78 is 15.7. The van der Waals surface area contributed by atoms with Gasteiger partial charge < -0.3 is 24.4 Å². The second kappa shape index (κ2) is 9.05. The van der Waals surface area contributed by atoms with Crippen LogP contribution in [-0.2, 0) is 16.1 Å². The number of nitrogens with one attached hydrogen (secondary N) is 1. The Balaban J connectivity index is 1.68. The third-order valence-corrected chi connectivity index (χ3v) is 5.16. The molecule has 1 atom stereocenters. The summed E-state index contributed by atoms with van der Waals surface area (Å²) >= 11 is 6.22. The van der Waals surface area contributed by atoms with Crippen LogP contribution in [0.3, 0.4) is 0 Å². The quantitative estimate of drug-likeness (QED) is 0.747. The van der Waals surface area contributed by atoms with Crippen molar-refractivity contribution in [2.24, 2.45) is 5.92 Å². The fraction of sp³-hybridized carbons (Fsp3) is 0.333. The molecule has 0 saturated carbocycles. The van der Waals surface area contributed by atoms with Gasteiger partial charge in [-0.15, -0.1) is 0 Å². The van der Waals surface area contributed by atoms with E-state index in [2.05, 4.69) is 5.32 Å². The van der Waals surface area contributed by atoms with Gasteiger partial charge in [-0.1, -0.05) is 23.7 Å². The first-order valence-corrected chi connectivity index (χ1v) is 9.47. The predicted octanol–water partition coefficient (Wildman–Crippen LogP) is 3.04. The van der Waals surface area contributed by atoms with E-state index in [0.29, 0.717) is 28.8 Å². The Morgan fingerprint density at radius 2 is 1.79 bits per heavy atom. The van der Waals surface area contributed by atoms with Crippen LogP contribution < -0.4 is 24.4 Å². The molecule has 2 aromatic carbocycles. The molecule has 1 heterocycles. The molecule has 0 unspecified atom stereocenters. The fourth-order valence-electron chi connectivity index (χ4n) is 3.25. The SMILES string of the molecule is COc1ccc(CNC(=O)[C@H]2CC(=O)N(c3cc(Cl)c(OC)cc3OC)C2)cc1. The van der Waals surface area contributed by atoms with Gasteiger partial charge >= 0.3 is 0 Å². The van der Waals surface area contributed by atoms with Crippen molar-refractivity contribution in [3.63, 3.8) is 0 Å². The van der Waals surface area contributed by atoms with Gasteiger partial charge in [0, 0.05) is 25.6 Å². The molecule has 29 heavy (non-hydrogen) atoms. The number of benzene rings is 2. The van der Waals surface area contributed by atoms with E-state index in [-0.39, 0.29) is 24.8 Å². The lowest BCUT2D eigenvalue weighted by atomic mass is 10.1. The molecule has 1 N–H and O–H groups in total. The van der Waals surface area contributed by atoms with Crippen LogP contribution in [0, 0.1) is 5.92 Å². The van der Waals surface area contributed by atoms with Gasteiger partial charge in [0.1, 0.15) is 17.2 Å². The van der Waals surface area contributed by atoms with Crippen molar-refractivity contribution < 1.29 is 23.8 Å². The zero-order valence-electron chi connectivity index (χ0n) is 16.5. The smallest absolute Gasteiger partial charge is 0.227 e. The summed E-state index contributed by atoms with van der Waals surface area (Å²) in [5.74, 6) is 0.881. The lowest BCUT2D eigenvalue weighted by molar-refractivity contribution is -0.126. The topological polar surface area (TPSA) is 77.1 Å². The number of halogens is 1. The second-order valence-corrected chi connectivity index (χ2v) is 7.04. The molecule has 2 amide bonds. The Hall–Kier alpha value is -2.93. The highest BCUT2D eigenvalue weighted by atomic mass is 35.5. The summed E-state index contributed by atoms with van der Waals surface area (Å²) in [6.45, 7) is 0.636. The zero-order chi connectivity index (χ0) is 21.0. The van der Waals surface area contributed by atoms with Gasteiger partial charge in [0.15, 0.2) is 0 Å². The van der Waals surface area contributed by atoms with E-state index in [0.717, 1.165) is 11.3 Å². The molecule has 0 spiro atoms. The number of ether oxygens (including phenoxy) is 3. The van der Waals surface area contributed by atoms with Crippen molar-refractivity contribution in [1.82, 2.24) is 5.32 Å². The Kier molecular flexibility index (Phi) is 6.49. The minimum Gasteiger partial charge on any atom is -0.497 e. The first kappa shape index (κ1) is 20.8. The molecule has 154 valence electrons. The summed E-state index contributed by atoms with van der Waals surface area (Å²) in [6.07, 6.45) is 0.126. The van der Waals surface area contributed by atoms with Crippen molar-refractivity contribution in [3.8, 4) is 17.2 Å². The normalized spacial score (nSPS) is 15.9. The van der Waals surface area contributed by atoms with Crippen LogP contribution in [0.15, 0.2) is 36.4 Å². The summed E-state index contributed by atoms with van der Waals surface area (Å²) in [5.41, 5.74) is 1.47. The Labute approximate surface area is 174 Å². The maximum Gasteiger partial charge on any atom is 0.227 e. The number of anilines is 1. The third-order valence-electron chi connectivity index (χ3n) is 4.87. The number of nitrogens with zero attached hydrogens (tertiary/aromatic N) is 1. The minimum atomic E-state index is -0.452. The predicted molar refractivity (Wildman–Crippen MR) is 110 cm³/mol. The molecule has 0 radical (unpaired) electrons. The third kappa shape index (κ3) is 4.56. The second-order valence-electron chi connectivity index (χ2n) is 6.63. The van der Waals surface area contributed by atoms with Crippen LogP contribution in [0.1, 0.15) is 12.0 Å². The molecule has 0 bridgehead atoms. The molecular formula is C21H23ClN2O5. The molecule has 2 aromatic rings. The number of carbonyl (C=O) groups is 2. The van der Waals surface area contributed by atoms with Crippen LogP contribution in [-0.4, -0.2) is 39.7 Å². The van der Waals surface area contributed by atoms with Gasteiger partial charge in [-0.05, 0) is 23.8 Å². The molecule has 1 aliphatic heterocycles. The standard InChI is InChI=1S/C21H23ClN2O5/c1-27-15-6-4-13(5-7-15)11-23-21(26)14-8-20(25)24(12-14)17-9-16(22)18(28-2)10-19(17)29-3/h4-7,9-10,14H,8,11-12H2,1-3H3,(H,23,26)/t14-/m0/s1. The molecule has 1 fully saturated rings. The lowest BCUT2D eigenvalue weighted by Gasteiger charge is -2.21. The number of amides is 2. The number of carbonyl (C=O) groups excluding carboxylic acids is 2. The Morgan fingerprint density at radius 1 is 1.10 bits per heavy atom. The Morgan fingerprint density at radius 3 is 2.41 bits per heavy atom. The maximum absolute atomic E-state index is 12.6. The van der Waals surface area contributed by atoms with Gasteiger partial charge in [-0.2, -0.15) is 0 Å². The molecule has 3 rings (SSSR count). The zero-order valence-corrected chi connectivity index (χ0v) is 17.3. The molecule has 0 aliphatic carbocycles. The van der Waals surface area contributed by atoms with Crippen molar-refractivity contribution in [2.45, 2.75) is 13.0 Å². The molecule has 0 aromatic heterocycles. The van der Waals surface area contributed by atoms with Gasteiger partial charge in [-0.25, -0.2) is 0 Å². The highest BCUT2D eigenvalue weighted by Crippen LogP contribution is 2.40. The summed E-state index contributed by atoms with van der Waals surface area (Å²) in [7, 11) is 4.61. The molecule has 7 nitrogen and oxygen atoms in total. The van der Waals surface area contributed by atoms with Crippen molar-refractivity contribution in [1.29, 1.82) is 0 Å². The average Bonchev–Trinajstić information content (AvgIpc) is 3.13. The summed E-state index contributed by atoms with van der Waals surface area (Å²) in [6, 6.07) is 10.7. The summed E-state index contributed by atoms with van der Waals surface area (Å²) in [5, 5.41) is 3.26. The van der Waals surface area contributed by atoms with Gasteiger partial charge in [0.05, 0.1) is 38.0 Å². The van der Waals surface area contributed by atoms with Crippen molar-refractivity contribution in [2.75, 3.05) is 32.8 Å². The number of hydrogen-bond acceptors (Lipinski definition) is 5. The van der Waals surface area contributed by atoms with Crippen LogP contribution in [0.25, 0.3) is 0 Å². The Bertz CT molecular complexity index is 901. The van der Waals surface area contributed by atoms with Crippen LogP contribution in [0.2, 0.25) is 5.02 Å². The van der Waals surface area contributed by atoms with E-state index in [4.69, 9.17) is 25.8 Å². The van der Waals surface area contributed by atoms with E-state index < -0.39 is 5.92 Å². The first-order chi connectivity index (χ1) is 14.0. The van der Waals surface area contributed by atoms with E-state index in [1.54, 1.807) is 19.2 Å². The lowest BCUT2D eigenvalue weighted by Crippen LogP contribution is -2.32. The maximum atomic E-state index is 12.6. The highest BCUT2D eigenvalue weighted by molar-refractivity contribution is 6.32. The van der Waals surface area contributed by atoms with Crippen molar-refractivity contribution in [3.05, 3.63) is 47.0 Å². The average molecular weight is 419 g/mol. The van der Waals surface area contributed by atoms with Crippen molar-refractivity contribution >= 4 is 29.1 Å². The van der Waals surface area contributed by atoms with E-state index in [1.807, 2.05) is 24.3 Å². The number of methoxy groups -OCH3 is 3. The molecular weight excluding hydrogens is 396 g/mol. The molecule has 1 aliphatic rings. The number of hydrogen-bond donors (Lipinski definition) is 1. The molecule has 8 heteroatoms. The van der Waals surface area contributed by atoms with E-state index in [1.165, 1.54) is 19.1 Å². The largest absolute Gasteiger partial charge is 0.497 e. The van der Waals surface area contributed by atoms with Gasteiger partial charge in [0.25, 0.3) is 0 Å². The van der Waals surface area contributed by atoms with Gasteiger partial charge in [0.2, 0.25) is 11.8 Å². The monoisotopic (exact) mass is 418 g/mol. The van der Waals surface area contributed by atoms with E-state index >= 15 is 0 Å². The summed E-state index contributed by atoms with van der Waals surface area (Å²) in [4.78, 5) is 26.7. The van der Waals surface area contributed by atoms with Crippen LogP contribution in [0.4, 0.5) is 5.69 Å². The highest BCUT2D eigenvalue weighted by Gasteiger charge is 2.36. The van der Waals surface area contributed by atoms with Crippen LogP contribution >= 0.6 is 11.6 Å². The fourth-order valence-corrected chi connectivity index (χ4v) is 3.48. The van der Waals surface area contributed by atoms with Crippen LogP contribution in [0.5, 0.6) is 17.2 Å². The molecule has 1 saturated heterocycles. The first-order valence-electron chi connectivity index (χ1n) is 9.09. The van der Waals surface area contributed by atoms with E-state index in [9.17, 15) is 9.59 Å². The van der Waals surface area contributed by atoms with Gasteiger partial charge in [-0.3, -0.25) is 9.59 Å².